The summed E-state index contributed by atoms with van der Waals surface area (Å²) in [6.07, 6.45) is 2.79. The van der Waals surface area contributed by atoms with Crippen LogP contribution in [0.2, 0.25) is 0 Å². The van der Waals surface area contributed by atoms with Crippen molar-refractivity contribution in [3.8, 4) is 17.2 Å². The standard InChI is InChI=1S/C20H17N3O5/c1-26-16-9-5-6-14(12-16)10-11-18(25)27-13-17(24)21-20-23-22-19(28-20)15-7-3-2-4-8-15/h2-12H,13H2,1H3,(H,21,23,24)/b11-10+. The molecule has 0 radical (unpaired) electrons. The molecule has 1 heterocycles. The number of rotatable bonds is 7. The molecular formula is C20H17N3O5. The van der Waals surface area contributed by atoms with E-state index in [1.54, 1.807) is 49.6 Å². The summed E-state index contributed by atoms with van der Waals surface area (Å²) in [7, 11) is 1.56. The fourth-order valence-electron chi connectivity index (χ4n) is 2.22. The number of hydrogen-bond donors (Lipinski definition) is 1. The Bertz CT molecular complexity index is 982. The van der Waals surface area contributed by atoms with E-state index in [-0.39, 0.29) is 11.9 Å². The first-order chi connectivity index (χ1) is 13.6. The zero-order valence-corrected chi connectivity index (χ0v) is 15.0. The Morgan fingerprint density at radius 1 is 1.11 bits per heavy atom. The first kappa shape index (κ1) is 18.8. The molecule has 0 aliphatic carbocycles. The molecule has 28 heavy (non-hydrogen) atoms. The largest absolute Gasteiger partial charge is 0.497 e. The molecule has 0 bridgehead atoms. The van der Waals surface area contributed by atoms with Gasteiger partial charge in [-0.15, -0.1) is 5.10 Å². The maximum Gasteiger partial charge on any atom is 0.331 e. The van der Waals surface area contributed by atoms with Crippen LogP contribution < -0.4 is 10.1 Å². The van der Waals surface area contributed by atoms with E-state index < -0.39 is 18.5 Å². The van der Waals surface area contributed by atoms with Gasteiger partial charge in [-0.25, -0.2) is 4.79 Å². The van der Waals surface area contributed by atoms with E-state index in [0.29, 0.717) is 5.75 Å². The van der Waals surface area contributed by atoms with Gasteiger partial charge in [-0.3, -0.25) is 10.1 Å². The Labute approximate surface area is 160 Å². The van der Waals surface area contributed by atoms with Gasteiger partial charge in [0.1, 0.15) is 5.75 Å². The lowest BCUT2D eigenvalue weighted by Gasteiger charge is -2.02. The van der Waals surface area contributed by atoms with E-state index in [0.717, 1.165) is 11.1 Å². The van der Waals surface area contributed by atoms with Gasteiger partial charge in [-0.2, -0.15) is 0 Å². The molecule has 1 amide bonds. The van der Waals surface area contributed by atoms with Gasteiger partial charge < -0.3 is 13.9 Å². The number of ether oxygens (including phenoxy) is 2. The number of carbonyl (C=O) groups is 2. The van der Waals surface area contributed by atoms with Crippen LogP contribution in [-0.4, -0.2) is 35.8 Å². The Kier molecular flexibility index (Phi) is 6.14. The molecule has 8 nitrogen and oxygen atoms in total. The normalized spacial score (nSPS) is 10.6. The van der Waals surface area contributed by atoms with Crippen molar-refractivity contribution in [2.75, 3.05) is 19.0 Å². The molecule has 0 saturated carbocycles. The highest BCUT2D eigenvalue weighted by molar-refractivity contribution is 5.93. The predicted molar refractivity (Wildman–Crippen MR) is 101 cm³/mol. The van der Waals surface area contributed by atoms with Crippen LogP contribution in [0.5, 0.6) is 5.75 Å². The summed E-state index contributed by atoms with van der Waals surface area (Å²) in [6.45, 7) is -0.482. The molecule has 142 valence electrons. The number of aromatic nitrogens is 2. The molecule has 0 aliphatic rings. The molecule has 1 N–H and O–H groups in total. The minimum Gasteiger partial charge on any atom is -0.497 e. The molecule has 1 aromatic heterocycles. The first-order valence-corrected chi connectivity index (χ1v) is 8.32. The van der Waals surface area contributed by atoms with Crippen molar-refractivity contribution in [1.82, 2.24) is 10.2 Å². The van der Waals surface area contributed by atoms with Crippen molar-refractivity contribution in [3.63, 3.8) is 0 Å². The summed E-state index contributed by atoms with van der Waals surface area (Å²) in [5.41, 5.74) is 1.49. The SMILES string of the molecule is COc1cccc(/C=C/C(=O)OCC(=O)Nc2nnc(-c3ccccc3)o2)c1. The highest BCUT2D eigenvalue weighted by Gasteiger charge is 2.12. The summed E-state index contributed by atoms with van der Waals surface area (Å²) in [6, 6.07) is 16.2. The topological polar surface area (TPSA) is 104 Å². The summed E-state index contributed by atoms with van der Waals surface area (Å²) in [5, 5.41) is 9.97. The minimum atomic E-state index is -0.659. The third-order valence-corrected chi connectivity index (χ3v) is 3.54. The molecule has 0 spiro atoms. The number of hydrogen-bond acceptors (Lipinski definition) is 7. The smallest absolute Gasteiger partial charge is 0.331 e. The van der Waals surface area contributed by atoms with Crippen LogP contribution in [0, 0.1) is 0 Å². The molecule has 2 aromatic carbocycles. The van der Waals surface area contributed by atoms with E-state index in [1.165, 1.54) is 6.08 Å². The number of esters is 1. The molecule has 0 fully saturated rings. The van der Waals surface area contributed by atoms with Gasteiger partial charge in [0.15, 0.2) is 6.61 Å². The average molecular weight is 379 g/mol. The Morgan fingerprint density at radius 3 is 2.71 bits per heavy atom. The zero-order chi connectivity index (χ0) is 19.8. The van der Waals surface area contributed by atoms with Crippen LogP contribution in [0.15, 0.2) is 65.1 Å². The lowest BCUT2D eigenvalue weighted by atomic mass is 10.2. The van der Waals surface area contributed by atoms with Crippen LogP contribution in [0.1, 0.15) is 5.56 Å². The first-order valence-electron chi connectivity index (χ1n) is 8.32. The van der Waals surface area contributed by atoms with Crippen LogP contribution in [0.3, 0.4) is 0 Å². The van der Waals surface area contributed by atoms with E-state index in [9.17, 15) is 9.59 Å². The summed E-state index contributed by atoms with van der Waals surface area (Å²) in [4.78, 5) is 23.6. The van der Waals surface area contributed by atoms with Crippen molar-refractivity contribution < 1.29 is 23.5 Å². The second-order valence-corrected chi connectivity index (χ2v) is 5.54. The molecule has 0 saturated heterocycles. The fourth-order valence-corrected chi connectivity index (χ4v) is 2.22. The fraction of sp³-hybridized carbons (Fsp3) is 0.100. The van der Waals surface area contributed by atoms with E-state index >= 15 is 0 Å². The van der Waals surface area contributed by atoms with Crippen molar-refractivity contribution in [3.05, 3.63) is 66.2 Å². The van der Waals surface area contributed by atoms with Gasteiger partial charge in [-0.1, -0.05) is 35.4 Å². The van der Waals surface area contributed by atoms with Gasteiger partial charge in [-0.05, 0) is 35.9 Å². The van der Waals surface area contributed by atoms with Gasteiger partial charge in [0, 0.05) is 11.6 Å². The zero-order valence-electron chi connectivity index (χ0n) is 15.0. The minimum absolute atomic E-state index is 0.0770. The Balaban J connectivity index is 1.48. The molecule has 0 atom stereocenters. The van der Waals surface area contributed by atoms with Gasteiger partial charge >= 0.3 is 12.0 Å². The number of carbonyl (C=O) groups excluding carboxylic acids is 2. The second kappa shape index (κ2) is 9.13. The number of amides is 1. The summed E-state index contributed by atoms with van der Waals surface area (Å²) in [5.74, 6) is -0.307. The van der Waals surface area contributed by atoms with E-state index in [2.05, 4.69) is 15.5 Å². The van der Waals surface area contributed by atoms with E-state index in [1.807, 2.05) is 18.2 Å². The van der Waals surface area contributed by atoms with Gasteiger partial charge in [0.2, 0.25) is 5.89 Å². The number of benzene rings is 2. The lowest BCUT2D eigenvalue weighted by Crippen LogP contribution is -2.20. The molecule has 8 heteroatoms. The number of nitrogens with zero attached hydrogens (tertiary/aromatic N) is 2. The van der Waals surface area contributed by atoms with Gasteiger partial charge in [0.25, 0.3) is 5.91 Å². The second-order valence-electron chi connectivity index (χ2n) is 5.54. The molecule has 3 rings (SSSR count). The Morgan fingerprint density at radius 2 is 1.93 bits per heavy atom. The van der Waals surface area contributed by atoms with Crippen molar-refractivity contribution in [1.29, 1.82) is 0 Å². The predicted octanol–water partition coefficient (Wildman–Crippen LogP) is 2.94. The number of anilines is 1. The Hall–Kier alpha value is -3.94. The number of nitrogens with one attached hydrogen (secondary N) is 1. The maximum atomic E-state index is 11.9. The molecule has 0 aliphatic heterocycles. The van der Waals surface area contributed by atoms with Crippen LogP contribution in [0.4, 0.5) is 6.01 Å². The molecule has 0 unspecified atom stereocenters. The van der Waals surface area contributed by atoms with Crippen LogP contribution in [-0.2, 0) is 14.3 Å². The average Bonchev–Trinajstić information content (AvgIpc) is 3.20. The van der Waals surface area contributed by atoms with Crippen LogP contribution >= 0.6 is 0 Å². The highest BCUT2D eigenvalue weighted by Crippen LogP contribution is 2.19. The molecule has 3 aromatic rings. The highest BCUT2D eigenvalue weighted by atomic mass is 16.5. The summed E-state index contributed by atoms with van der Waals surface area (Å²) >= 11 is 0. The summed E-state index contributed by atoms with van der Waals surface area (Å²) < 4.78 is 15.3. The third kappa shape index (κ3) is 5.28. The van der Waals surface area contributed by atoms with Crippen LogP contribution in [0.25, 0.3) is 17.5 Å². The van der Waals surface area contributed by atoms with Crippen molar-refractivity contribution >= 4 is 24.0 Å². The lowest BCUT2D eigenvalue weighted by molar-refractivity contribution is -0.142. The quantitative estimate of drug-likeness (QED) is 0.497. The number of methoxy groups -OCH3 is 1. The molecular weight excluding hydrogens is 362 g/mol. The monoisotopic (exact) mass is 379 g/mol. The van der Waals surface area contributed by atoms with Crippen molar-refractivity contribution in [2.24, 2.45) is 0 Å². The van der Waals surface area contributed by atoms with E-state index in [4.69, 9.17) is 13.9 Å². The van der Waals surface area contributed by atoms with Crippen molar-refractivity contribution in [2.45, 2.75) is 0 Å². The maximum absolute atomic E-state index is 11.9. The third-order valence-electron chi connectivity index (χ3n) is 3.54. The van der Waals surface area contributed by atoms with Gasteiger partial charge in [0.05, 0.1) is 7.11 Å².